The normalized spacial score (nSPS) is 16.5. The van der Waals surface area contributed by atoms with Crippen LogP contribution in [-0.2, 0) is 20.9 Å². The second-order valence-electron chi connectivity index (χ2n) is 8.58. The summed E-state index contributed by atoms with van der Waals surface area (Å²) in [7, 11) is 0. The van der Waals surface area contributed by atoms with E-state index in [4.69, 9.17) is 8.83 Å². The van der Waals surface area contributed by atoms with Crippen molar-refractivity contribution in [2.45, 2.75) is 32.2 Å². The van der Waals surface area contributed by atoms with Crippen LogP contribution in [0.3, 0.4) is 0 Å². The van der Waals surface area contributed by atoms with E-state index in [1.54, 1.807) is 36.4 Å². The molecule has 5 rings (SSSR count). The minimum absolute atomic E-state index is 0.0725. The van der Waals surface area contributed by atoms with Crippen molar-refractivity contribution in [2.24, 2.45) is 5.92 Å². The van der Waals surface area contributed by atoms with Gasteiger partial charge >= 0.3 is 0 Å². The number of nitriles is 1. The van der Waals surface area contributed by atoms with Crippen LogP contribution in [0.2, 0.25) is 0 Å². The standard InChI is InChI=1S/C25H23N5O5/c26-14-19-25(35-24(28-19)20-2-1-13-34-20)29-11-9-17(10-12-29)23(33)27-18-5-3-16(4-6-18)15-30-21(31)7-8-22(30)32/h1-6,13,17H,7-12,15H2,(H,27,33). The summed E-state index contributed by atoms with van der Waals surface area (Å²) in [5, 5.41) is 12.4. The number of likely N-dealkylation sites (tertiary alicyclic amines) is 1. The molecule has 1 N–H and O–H groups in total. The first kappa shape index (κ1) is 22.4. The third-order valence-corrected chi connectivity index (χ3v) is 6.32. The van der Waals surface area contributed by atoms with Crippen molar-refractivity contribution in [3.05, 3.63) is 53.9 Å². The number of nitrogens with zero attached hydrogens (tertiary/aromatic N) is 4. The van der Waals surface area contributed by atoms with E-state index in [9.17, 15) is 19.6 Å². The Morgan fingerprint density at radius 2 is 1.83 bits per heavy atom. The Labute approximate surface area is 201 Å². The molecule has 35 heavy (non-hydrogen) atoms. The Balaban J connectivity index is 1.16. The molecule has 3 aromatic rings. The molecule has 0 atom stereocenters. The minimum atomic E-state index is -0.177. The number of imide groups is 1. The lowest BCUT2D eigenvalue weighted by Gasteiger charge is -2.31. The third kappa shape index (κ3) is 4.66. The maximum absolute atomic E-state index is 12.8. The number of furan rings is 1. The summed E-state index contributed by atoms with van der Waals surface area (Å²) in [4.78, 5) is 43.8. The Bertz CT molecular complexity index is 1260. The van der Waals surface area contributed by atoms with E-state index in [1.165, 1.54) is 11.2 Å². The van der Waals surface area contributed by atoms with E-state index < -0.39 is 0 Å². The number of hydrogen-bond acceptors (Lipinski definition) is 8. The van der Waals surface area contributed by atoms with Crippen molar-refractivity contribution in [3.63, 3.8) is 0 Å². The van der Waals surface area contributed by atoms with Crippen LogP contribution in [0, 0.1) is 17.2 Å². The highest BCUT2D eigenvalue weighted by atomic mass is 16.4. The number of rotatable bonds is 6. The average Bonchev–Trinajstić information content (AvgIpc) is 3.62. The van der Waals surface area contributed by atoms with Crippen molar-refractivity contribution < 1.29 is 23.2 Å². The smallest absolute Gasteiger partial charge is 0.266 e. The molecule has 178 valence electrons. The van der Waals surface area contributed by atoms with Gasteiger partial charge in [0.2, 0.25) is 29.3 Å². The summed E-state index contributed by atoms with van der Waals surface area (Å²) >= 11 is 0. The van der Waals surface area contributed by atoms with Gasteiger partial charge in [0, 0.05) is 37.5 Å². The van der Waals surface area contributed by atoms with Crippen molar-refractivity contribution in [1.29, 1.82) is 5.26 Å². The molecule has 0 saturated carbocycles. The Kier molecular flexibility index (Phi) is 6.06. The number of piperidine rings is 1. The Morgan fingerprint density at radius 1 is 1.11 bits per heavy atom. The minimum Gasteiger partial charge on any atom is -0.459 e. The summed E-state index contributed by atoms with van der Waals surface area (Å²) in [6.45, 7) is 1.35. The summed E-state index contributed by atoms with van der Waals surface area (Å²) in [5.74, 6) is 0.546. The molecule has 0 spiro atoms. The van der Waals surface area contributed by atoms with Gasteiger partial charge in [-0.2, -0.15) is 10.2 Å². The average molecular weight is 473 g/mol. The highest BCUT2D eigenvalue weighted by molar-refractivity contribution is 6.01. The molecule has 2 fully saturated rings. The number of carbonyl (C=O) groups excluding carboxylic acids is 3. The topological polar surface area (TPSA) is 133 Å². The third-order valence-electron chi connectivity index (χ3n) is 6.32. The van der Waals surface area contributed by atoms with Crippen LogP contribution < -0.4 is 10.2 Å². The summed E-state index contributed by atoms with van der Waals surface area (Å²) in [6, 6.07) is 12.7. The molecule has 3 amide bonds. The molecule has 1 aromatic carbocycles. The number of hydrogen-bond donors (Lipinski definition) is 1. The van der Waals surface area contributed by atoms with Crippen molar-refractivity contribution in [3.8, 4) is 17.7 Å². The van der Waals surface area contributed by atoms with Crippen molar-refractivity contribution >= 4 is 29.3 Å². The lowest BCUT2D eigenvalue weighted by atomic mass is 9.95. The number of nitrogens with one attached hydrogen (secondary N) is 1. The SMILES string of the molecule is N#Cc1nc(-c2ccco2)oc1N1CCC(C(=O)Nc2ccc(CN3C(=O)CCC3=O)cc2)CC1. The molecule has 2 aromatic heterocycles. The first-order chi connectivity index (χ1) is 17.0. The molecule has 2 aliphatic heterocycles. The fourth-order valence-corrected chi connectivity index (χ4v) is 4.37. The quantitative estimate of drug-likeness (QED) is 0.539. The first-order valence-corrected chi connectivity index (χ1v) is 11.4. The van der Waals surface area contributed by atoms with Gasteiger partial charge in [0.1, 0.15) is 6.07 Å². The first-order valence-electron chi connectivity index (χ1n) is 11.4. The van der Waals surface area contributed by atoms with E-state index >= 15 is 0 Å². The van der Waals surface area contributed by atoms with Gasteiger partial charge in [0.05, 0.1) is 12.8 Å². The molecule has 0 radical (unpaired) electrons. The van der Waals surface area contributed by atoms with E-state index in [2.05, 4.69) is 16.4 Å². The van der Waals surface area contributed by atoms with E-state index in [0.29, 0.717) is 43.3 Å². The van der Waals surface area contributed by atoms with Crippen LogP contribution in [0.4, 0.5) is 11.6 Å². The predicted octanol–water partition coefficient (Wildman–Crippen LogP) is 3.31. The fraction of sp³-hybridized carbons (Fsp3) is 0.320. The van der Waals surface area contributed by atoms with E-state index in [0.717, 1.165) is 5.56 Å². The highest BCUT2D eigenvalue weighted by Gasteiger charge is 2.30. The van der Waals surface area contributed by atoms with Crippen LogP contribution in [0.25, 0.3) is 11.7 Å². The monoisotopic (exact) mass is 473 g/mol. The van der Waals surface area contributed by atoms with Crippen LogP contribution >= 0.6 is 0 Å². The molecule has 0 unspecified atom stereocenters. The lowest BCUT2D eigenvalue weighted by molar-refractivity contribution is -0.139. The molecule has 2 aliphatic rings. The van der Waals surface area contributed by atoms with Crippen LogP contribution in [-0.4, -0.2) is 40.7 Å². The van der Waals surface area contributed by atoms with Crippen LogP contribution in [0.15, 0.2) is 51.5 Å². The van der Waals surface area contributed by atoms with Gasteiger partial charge in [-0.3, -0.25) is 19.3 Å². The largest absolute Gasteiger partial charge is 0.459 e. The number of benzene rings is 1. The summed E-state index contributed by atoms with van der Waals surface area (Å²) < 4.78 is 11.1. The number of amides is 3. The van der Waals surface area contributed by atoms with Crippen molar-refractivity contribution in [1.82, 2.24) is 9.88 Å². The molecule has 4 heterocycles. The van der Waals surface area contributed by atoms with E-state index in [-0.39, 0.29) is 54.6 Å². The van der Waals surface area contributed by atoms with Gasteiger partial charge in [-0.15, -0.1) is 0 Å². The van der Waals surface area contributed by atoms with Gasteiger partial charge in [0.15, 0.2) is 5.76 Å². The van der Waals surface area contributed by atoms with Gasteiger partial charge in [-0.1, -0.05) is 12.1 Å². The molecule has 10 nitrogen and oxygen atoms in total. The van der Waals surface area contributed by atoms with Crippen LogP contribution in [0.1, 0.15) is 36.9 Å². The second kappa shape index (κ2) is 9.46. The highest BCUT2D eigenvalue weighted by Crippen LogP contribution is 2.31. The maximum Gasteiger partial charge on any atom is 0.266 e. The molecule has 2 saturated heterocycles. The van der Waals surface area contributed by atoms with Gasteiger partial charge in [0.25, 0.3) is 5.89 Å². The van der Waals surface area contributed by atoms with Gasteiger partial charge in [-0.05, 0) is 42.7 Å². The van der Waals surface area contributed by atoms with Gasteiger partial charge < -0.3 is 19.1 Å². The summed E-state index contributed by atoms with van der Waals surface area (Å²) in [6.07, 6.45) is 3.25. The zero-order chi connectivity index (χ0) is 24.4. The summed E-state index contributed by atoms with van der Waals surface area (Å²) in [5.41, 5.74) is 1.68. The molecule has 0 aliphatic carbocycles. The Hall–Kier alpha value is -4.39. The zero-order valence-electron chi connectivity index (χ0n) is 18.9. The number of aromatic nitrogens is 1. The second-order valence-corrected chi connectivity index (χ2v) is 8.58. The predicted molar refractivity (Wildman–Crippen MR) is 124 cm³/mol. The molecule has 10 heteroatoms. The number of oxazole rings is 1. The van der Waals surface area contributed by atoms with E-state index in [1.807, 2.05) is 4.90 Å². The van der Waals surface area contributed by atoms with Crippen molar-refractivity contribution in [2.75, 3.05) is 23.3 Å². The maximum atomic E-state index is 12.8. The molecular formula is C25H23N5O5. The Morgan fingerprint density at radius 3 is 2.46 bits per heavy atom. The zero-order valence-corrected chi connectivity index (χ0v) is 18.9. The fourth-order valence-electron chi connectivity index (χ4n) is 4.37. The number of carbonyl (C=O) groups is 3. The molecule has 0 bridgehead atoms. The molecular weight excluding hydrogens is 450 g/mol. The van der Waals surface area contributed by atoms with Gasteiger partial charge in [-0.25, -0.2) is 0 Å². The van der Waals surface area contributed by atoms with Crippen LogP contribution in [0.5, 0.6) is 0 Å². The number of anilines is 2. The lowest BCUT2D eigenvalue weighted by Crippen LogP contribution is -2.38.